The molecule has 1 unspecified atom stereocenters. The summed E-state index contributed by atoms with van der Waals surface area (Å²) < 4.78 is 0. The molecule has 0 aromatic heterocycles. The molecular weight excluding hydrogens is 268 g/mol. The highest BCUT2D eigenvalue weighted by atomic mass is 35.5. The van der Waals surface area contributed by atoms with Crippen LogP contribution in [0.5, 0.6) is 0 Å². The van der Waals surface area contributed by atoms with Gasteiger partial charge in [-0.1, -0.05) is 31.5 Å². The van der Waals surface area contributed by atoms with Crippen molar-refractivity contribution < 1.29 is 0 Å². The number of halogens is 1. The van der Waals surface area contributed by atoms with E-state index < -0.39 is 0 Å². The van der Waals surface area contributed by atoms with Crippen LogP contribution in [-0.4, -0.2) is 24.5 Å². The summed E-state index contributed by atoms with van der Waals surface area (Å²) in [5.74, 6) is 0. The zero-order valence-corrected chi connectivity index (χ0v) is 13.7. The Morgan fingerprint density at radius 1 is 1.30 bits per heavy atom. The van der Waals surface area contributed by atoms with Gasteiger partial charge in [0.2, 0.25) is 0 Å². The second kappa shape index (κ2) is 6.46. The van der Waals surface area contributed by atoms with Crippen LogP contribution in [0.2, 0.25) is 5.02 Å². The summed E-state index contributed by atoms with van der Waals surface area (Å²) >= 11 is 6.07. The molecule has 1 fully saturated rings. The molecule has 0 amide bonds. The largest absolute Gasteiger partial charge is 0.329 e. The zero-order valence-electron chi connectivity index (χ0n) is 13.0. The number of nitrogens with zero attached hydrogens (tertiary/aromatic N) is 1. The van der Waals surface area contributed by atoms with Crippen molar-refractivity contribution in [1.82, 2.24) is 4.90 Å². The summed E-state index contributed by atoms with van der Waals surface area (Å²) in [7, 11) is 0. The van der Waals surface area contributed by atoms with Gasteiger partial charge in [0, 0.05) is 17.6 Å². The van der Waals surface area contributed by atoms with Crippen LogP contribution in [-0.2, 0) is 0 Å². The maximum absolute atomic E-state index is 6.09. The minimum absolute atomic E-state index is 0.321. The van der Waals surface area contributed by atoms with Crippen LogP contribution in [0.15, 0.2) is 18.2 Å². The number of nitrogens with two attached hydrogens (primary N) is 1. The Balaban J connectivity index is 2.19. The normalized spacial score (nSPS) is 21.4. The Kier molecular flexibility index (Phi) is 5.11. The molecule has 112 valence electrons. The van der Waals surface area contributed by atoms with E-state index in [2.05, 4.69) is 31.7 Å². The van der Waals surface area contributed by atoms with Crippen molar-refractivity contribution in [2.45, 2.75) is 46.1 Å². The van der Waals surface area contributed by atoms with E-state index in [1.807, 2.05) is 12.1 Å². The molecule has 1 aromatic rings. The summed E-state index contributed by atoms with van der Waals surface area (Å²) in [5, 5.41) is 0.805. The monoisotopic (exact) mass is 294 g/mol. The van der Waals surface area contributed by atoms with Crippen LogP contribution in [0.1, 0.15) is 50.3 Å². The molecule has 0 spiro atoms. The zero-order chi connectivity index (χ0) is 14.8. The predicted molar refractivity (Wildman–Crippen MR) is 87.2 cm³/mol. The van der Waals surface area contributed by atoms with Gasteiger partial charge in [-0.2, -0.15) is 0 Å². The molecule has 0 radical (unpaired) electrons. The van der Waals surface area contributed by atoms with E-state index >= 15 is 0 Å². The average molecular weight is 295 g/mol. The third-order valence-electron chi connectivity index (χ3n) is 4.63. The molecule has 1 aliphatic heterocycles. The Hall–Kier alpha value is -0.570. The van der Waals surface area contributed by atoms with Crippen LogP contribution in [0.4, 0.5) is 0 Å². The summed E-state index contributed by atoms with van der Waals surface area (Å²) in [5.41, 5.74) is 9.12. The molecule has 1 atom stereocenters. The van der Waals surface area contributed by atoms with E-state index in [9.17, 15) is 0 Å². The Morgan fingerprint density at radius 3 is 2.70 bits per heavy atom. The Bertz CT molecular complexity index is 456. The SMILES string of the molecule is Cc1cc(Cl)ccc1C(CN)N1CCCC(C)(C)CC1. The van der Waals surface area contributed by atoms with Gasteiger partial charge in [-0.05, 0) is 68.0 Å². The lowest BCUT2D eigenvalue weighted by Gasteiger charge is -2.31. The molecular formula is C17H27ClN2. The first-order valence-corrected chi connectivity index (χ1v) is 8.01. The molecule has 0 saturated carbocycles. The highest BCUT2D eigenvalue weighted by Gasteiger charge is 2.27. The number of rotatable bonds is 3. The first-order chi connectivity index (χ1) is 9.43. The third kappa shape index (κ3) is 3.75. The van der Waals surface area contributed by atoms with Gasteiger partial charge >= 0.3 is 0 Å². The van der Waals surface area contributed by atoms with Gasteiger partial charge < -0.3 is 5.73 Å². The van der Waals surface area contributed by atoms with E-state index in [0.29, 0.717) is 18.0 Å². The molecule has 1 saturated heterocycles. The van der Waals surface area contributed by atoms with E-state index in [1.54, 1.807) is 0 Å². The van der Waals surface area contributed by atoms with Crippen molar-refractivity contribution >= 4 is 11.6 Å². The molecule has 0 aliphatic carbocycles. The van der Waals surface area contributed by atoms with Crippen LogP contribution in [0, 0.1) is 12.3 Å². The topological polar surface area (TPSA) is 29.3 Å². The van der Waals surface area contributed by atoms with Crippen LogP contribution in [0.25, 0.3) is 0 Å². The van der Waals surface area contributed by atoms with E-state index in [0.717, 1.165) is 18.1 Å². The van der Waals surface area contributed by atoms with Gasteiger partial charge in [-0.3, -0.25) is 4.90 Å². The molecule has 1 aliphatic rings. The number of hydrogen-bond acceptors (Lipinski definition) is 2. The van der Waals surface area contributed by atoms with Crippen molar-refractivity contribution in [3.63, 3.8) is 0 Å². The molecule has 1 aromatic carbocycles. The maximum atomic E-state index is 6.09. The smallest absolute Gasteiger partial charge is 0.0473 e. The fraction of sp³-hybridized carbons (Fsp3) is 0.647. The molecule has 1 heterocycles. The van der Waals surface area contributed by atoms with E-state index in [-0.39, 0.29) is 0 Å². The van der Waals surface area contributed by atoms with Crippen LogP contribution in [0.3, 0.4) is 0 Å². The summed E-state index contributed by atoms with van der Waals surface area (Å²) in [6.07, 6.45) is 3.81. The van der Waals surface area contributed by atoms with Crippen molar-refractivity contribution in [3.8, 4) is 0 Å². The van der Waals surface area contributed by atoms with Crippen LogP contribution < -0.4 is 5.73 Å². The second-order valence-electron chi connectivity index (χ2n) is 6.81. The van der Waals surface area contributed by atoms with Gasteiger partial charge in [0.05, 0.1) is 0 Å². The van der Waals surface area contributed by atoms with E-state index in [4.69, 9.17) is 17.3 Å². The van der Waals surface area contributed by atoms with Gasteiger partial charge in [-0.25, -0.2) is 0 Å². The highest BCUT2D eigenvalue weighted by Crippen LogP contribution is 2.33. The maximum Gasteiger partial charge on any atom is 0.0473 e. The minimum Gasteiger partial charge on any atom is -0.329 e. The van der Waals surface area contributed by atoms with Gasteiger partial charge in [0.15, 0.2) is 0 Å². The fourth-order valence-electron chi connectivity index (χ4n) is 3.24. The third-order valence-corrected chi connectivity index (χ3v) is 4.86. The summed E-state index contributed by atoms with van der Waals surface area (Å²) in [6, 6.07) is 6.49. The molecule has 2 nitrogen and oxygen atoms in total. The fourth-order valence-corrected chi connectivity index (χ4v) is 3.47. The predicted octanol–water partition coefficient (Wildman–Crippen LogP) is 4.16. The lowest BCUT2D eigenvalue weighted by molar-refractivity contribution is 0.199. The molecule has 0 bridgehead atoms. The number of likely N-dealkylation sites (tertiary alicyclic amines) is 1. The van der Waals surface area contributed by atoms with Gasteiger partial charge in [0.1, 0.15) is 0 Å². The Morgan fingerprint density at radius 2 is 2.05 bits per heavy atom. The summed E-state index contributed by atoms with van der Waals surface area (Å²) in [4.78, 5) is 2.56. The molecule has 20 heavy (non-hydrogen) atoms. The van der Waals surface area contributed by atoms with Gasteiger partial charge in [-0.15, -0.1) is 0 Å². The molecule has 2 rings (SSSR count). The Labute approximate surface area is 128 Å². The lowest BCUT2D eigenvalue weighted by Crippen LogP contribution is -2.35. The summed E-state index contributed by atoms with van der Waals surface area (Å²) in [6.45, 7) is 9.84. The van der Waals surface area contributed by atoms with Crippen molar-refractivity contribution in [2.24, 2.45) is 11.1 Å². The minimum atomic E-state index is 0.321. The number of aryl methyl sites for hydroxylation is 1. The first-order valence-electron chi connectivity index (χ1n) is 7.63. The first kappa shape index (κ1) is 15.8. The van der Waals surface area contributed by atoms with Gasteiger partial charge in [0.25, 0.3) is 0 Å². The average Bonchev–Trinajstić information content (AvgIpc) is 2.54. The highest BCUT2D eigenvalue weighted by molar-refractivity contribution is 6.30. The van der Waals surface area contributed by atoms with Crippen molar-refractivity contribution in [3.05, 3.63) is 34.3 Å². The second-order valence-corrected chi connectivity index (χ2v) is 7.24. The van der Waals surface area contributed by atoms with Crippen LogP contribution >= 0.6 is 11.6 Å². The molecule has 2 N–H and O–H groups in total. The van der Waals surface area contributed by atoms with Crippen molar-refractivity contribution in [2.75, 3.05) is 19.6 Å². The standard InChI is InChI=1S/C17H27ClN2/c1-13-11-14(18)5-6-15(13)16(12-19)20-9-4-7-17(2,3)8-10-20/h5-6,11,16H,4,7-10,12,19H2,1-3H3. The lowest BCUT2D eigenvalue weighted by atomic mass is 9.85. The number of hydrogen-bond donors (Lipinski definition) is 1. The quantitative estimate of drug-likeness (QED) is 0.907. The number of benzene rings is 1. The van der Waals surface area contributed by atoms with E-state index in [1.165, 1.54) is 30.4 Å². The van der Waals surface area contributed by atoms with Crippen molar-refractivity contribution in [1.29, 1.82) is 0 Å². The molecule has 3 heteroatoms.